The molecule has 4 heteroatoms. The van der Waals surface area contributed by atoms with Gasteiger partial charge in [0, 0.05) is 57.8 Å². The average Bonchev–Trinajstić information content (AvgIpc) is 2.42. The third kappa shape index (κ3) is 4.25. The lowest BCUT2D eigenvalue weighted by Gasteiger charge is -2.19. The highest BCUT2D eigenvalue weighted by Gasteiger charge is 2.10. The number of nitrogens with zero attached hydrogens (tertiary/aromatic N) is 2. The third-order valence-corrected chi connectivity index (χ3v) is 2.34. The molecule has 0 aliphatic heterocycles. The Morgan fingerprint density at radius 3 is 2.74 bits per heavy atom. The number of allylic oxidation sites excluding steroid dienone is 1. The van der Waals surface area contributed by atoms with E-state index in [1.165, 1.54) is 30.3 Å². The normalized spacial score (nSPS) is 15.8. The van der Waals surface area contributed by atoms with Crippen molar-refractivity contribution in [2.24, 2.45) is 0 Å². The molecule has 0 saturated carbocycles. The predicted molar refractivity (Wildman–Crippen MR) is 77.3 cm³/mol. The minimum atomic E-state index is -2.99. The van der Waals surface area contributed by atoms with Gasteiger partial charge in [0.1, 0.15) is 0 Å². The zero-order valence-corrected chi connectivity index (χ0v) is 11.2. The van der Waals surface area contributed by atoms with Crippen LogP contribution in [0.2, 0.25) is 0 Å². The van der Waals surface area contributed by atoms with Gasteiger partial charge in [-0.15, -0.1) is 0 Å². The van der Waals surface area contributed by atoms with E-state index < -0.39 is 19.3 Å². The highest BCUT2D eigenvalue weighted by atomic mass is 16.2. The van der Waals surface area contributed by atoms with Crippen molar-refractivity contribution in [2.45, 2.75) is 13.8 Å². The number of carbonyl (C=O) groups excluding carboxylic acids is 2. The molecule has 1 aromatic rings. The summed E-state index contributed by atoms with van der Waals surface area (Å²) < 4.78 is 37.3. The number of carbonyl (C=O) groups is 2. The van der Waals surface area contributed by atoms with E-state index in [2.05, 4.69) is 0 Å². The van der Waals surface area contributed by atoms with E-state index in [9.17, 15) is 9.59 Å². The van der Waals surface area contributed by atoms with Crippen LogP contribution < -0.4 is 4.90 Å². The average molecular weight is 265 g/mol. The van der Waals surface area contributed by atoms with E-state index in [0.717, 1.165) is 6.92 Å². The summed E-state index contributed by atoms with van der Waals surface area (Å²) in [6.07, 6.45) is 2.88. The van der Waals surface area contributed by atoms with Crippen molar-refractivity contribution in [3.05, 3.63) is 42.1 Å². The summed E-state index contributed by atoms with van der Waals surface area (Å²) in [6, 6.07) is 5.66. The molecule has 0 aliphatic rings. The Morgan fingerprint density at radius 2 is 2.16 bits per heavy atom. The fraction of sp³-hybridized carbons (Fsp3) is 0.333. The van der Waals surface area contributed by atoms with Gasteiger partial charge >= 0.3 is 0 Å². The maximum absolute atomic E-state index is 12.1. The van der Waals surface area contributed by atoms with E-state index in [1.54, 1.807) is 25.2 Å². The van der Waals surface area contributed by atoms with E-state index in [4.69, 9.17) is 6.85 Å². The molecule has 0 N–H and O–H groups in total. The monoisotopic (exact) mass is 265 g/mol. The van der Waals surface area contributed by atoms with Crippen LogP contribution in [0.15, 0.2) is 36.5 Å². The van der Waals surface area contributed by atoms with E-state index in [0.29, 0.717) is 4.90 Å². The molecule has 19 heavy (non-hydrogen) atoms. The second kappa shape index (κ2) is 6.73. The molecule has 102 valence electrons. The Kier molecular flexibility index (Phi) is 3.16. The second-order valence-electron chi connectivity index (χ2n) is 4.06. The van der Waals surface area contributed by atoms with Crippen LogP contribution >= 0.6 is 0 Å². The van der Waals surface area contributed by atoms with Gasteiger partial charge in [0.05, 0.1) is 0 Å². The summed E-state index contributed by atoms with van der Waals surface area (Å²) >= 11 is 0. The molecule has 0 heterocycles. The Bertz CT molecular complexity index is 648. The van der Waals surface area contributed by atoms with Gasteiger partial charge in [0.25, 0.3) is 0 Å². The molecule has 1 aromatic carbocycles. The predicted octanol–water partition coefficient (Wildman–Crippen LogP) is 2.32. The number of amides is 1. The summed E-state index contributed by atoms with van der Waals surface area (Å²) in [5.41, 5.74) is 0.228. The first-order chi connectivity index (χ1) is 10.8. The lowest BCUT2D eigenvalue weighted by atomic mass is 10.1. The molecule has 0 aliphatic carbocycles. The lowest BCUT2D eigenvalue weighted by Crippen LogP contribution is -2.27. The standard InChI is InChI=1S/C15H20N2O2/c1-5-17(12(2)18)14-8-6-7-13(11-14)15(19)9-10-16(3)4/h6-11H,5H2,1-4H3/b10-9+/i2D3,5D2. The van der Waals surface area contributed by atoms with Crippen LogP contribution in [0.25, 0.3) is 0 Å². The van der Waals surface area contributed by atoms with Crippen LogP contribution in [0.3, 0.4) is 0 Å². The first-order valence-corrected chi connectivity index (χ1v) is 5.68. The summed E-state index contributed by atoms with van der Waals surface area (Å²) in [4.78, 5) is 26.5. The van der Waals surface area contributed by atoms with Crippen LogP contribution in [0.4, 0.5) is 5.69 Å². The second-order valence-corrected chi connectivity index (χ2v) is 4.06. The van der Waals surface area contributed by atoms with Gasteiger partial charge in [0.2, 0.25) is 5.91 Å². The van der Waals surface area contributed by atoms with Gasteiger partial charge in [-0.2, -0.15) is 0 Å². The van der Waals surface area contributed by atoms with Crippen LogP contribution in [-0.4, -0.2) is 37.2 Å². The van der Waals surface area contributed by atoms with Crippen LogP contribution in [0.5, 0.6) is 0 Å². The zero-order chi connectivity index (χ0) is 18.7. The molecule has 0 atom stereocenters. The van der Waals surface area contributed by atoms with Crippen molar-refractivity contribution >= 4 is 17.4 Å². The Morgan fingerprint density at radius 1 is 1.42 bits per heavy atom. The highest BCUT2D eigenvalue weighted by Crippen LogP contribution is 2.17. The van der Waals surface area contributed by atoms with E-state index in [-0.39, 0.29) is 17.0 Å². The van der Waals surface area contributed by atoms with Gasteiger partial charge in [-0.05, 0) is 19.1 Å². The maximum Gasteiger partial charge on any atom is 0.223 e. The van der Waals surface area contributed by atoms with Crippen LogP contribution in [0.1, 0.15) is 31.0 Å². The minimum absolute atomic E-state index is 0.00716. The summed E-state index contributed by atoms with van der Waals surface area (Å²) in [7, 11) is 3.51. The summed E-state index contributed by atoms with van der Waals surface area (Å²) in [5.74, 6) is -1.69. The Labute approximate surface area is 121 Å². The smallest absolute Gasteiger partial charge is 0.223 e. The van der Waals surface area contributed by atoms with Gasteiger partial charge in [0.15, 0.2) is 5.78 Å². The summed E-state index contributed by atoms with van der Waals surface area (Å²) in [5, 5.41) is 0. The Hall–Kier alpha value is -2.10. The molecule has 0 aromatic heterocycles. The van der Waals surface area contributed by atoms with Crippen molar-refractivity contribution < 1.29 is 16.4 Å². The van der Waals surface area contributed by atoms with Crippen molar-refractivity contribution in [1.82, 2.24) is 4.90 Å². The van der Waals surface area contributed by atoms with Gasteiger partial charge in [-0.3, -0.25) is 9.59 Å². The van der Waals surface area contributed by atoms with Crippen molar-refractivity contribution in [1.29, 1.82) is 0 Å². The molecule has 1 amide bonds. The molecular weight excluding hydrogens is 240 g/mol. The topological polar surface area (TPSA) is 40.6 Å². The molecule has 0 fully saturated rings. The molecule has 0 radical (unpaired) electrons. The number of hydrogen-bond donors (Lipinski definition) is 0. The lowest BCUT2D eigenvalue weighted by molar-refractivity contribution is -0.116. The molecule has 0 saturated heterocycles. The fourth-order valence-corrected chi connectivity index (χ4v) is 1.46. The first kappa shape index (κ1) is 8.91. The molecule has 0 bridgehead atoms. The molecule has 0 unspecified atom stereocenters. The number of hydrogen-bond acceptors (Lipinski definition) is 3. The number of rotatable bonds is 5. The number of ketones is 1. The van der Waals surface area contributed by atoms with Crippen molar-refractivity contribution in [3.8, 4) is 0 Å². The Balaban J connectivity index is 3.30. The molecular formula is C15H20N2O2. The van der Waals surface area contributed by atoms with Crippen molar-refractivity contribution in [2.75, 3.05) is 25.5 Å². The SMILES string of the molecule is [2H]C([2H])([2H])C(=O)N(c1cccc(C(=O)/C=C/N(C)C)c1)C([2H])([2H])C. The minimum Gasteiger partial charge on any atom is -0.383 e. The van der Waals surface area contributed by atoms with Crippen molar-refractivity contribution in [3.63, 3.8) is 0 Å². The first-order valence-electron chi connectivity index (χ1n) is 8.18. The number of anilines is 1. The largest absolute Gasteiger partial charge is 0.383 e. The quantitative estimate of drug-likeness (QED) is 0.606. The molecule has 4 nitrogen and oxygen atoms in total. The van der Waals surface area contributed by atoms with Gasteiger partial charge in [-0.25, -0.2) is 0 Å². The van der Waals surface area contributed by atoms with E-state index >= 15 is 0 Å². The maximum atomic E-state index is 12.1. The van der Waals surface area contributed by atoms with E-state index in [1.807, 2.05) is 0 Å². The fourth-order valence-electron chi connectivity index (χ4n) is 1.46. The zero-order valence-electron chi connectivity index (χ0n) is 16.2. The highest BCUT2D eigenvalue weighted by molar-refractivity contribution is 6.05. The van der Waals surface area contributed by atoms with Gasteiger partial charge in [-0.1, -0.05) is 12.1 Å². The molecule has 0 spiro atoms. The van der Waals surface area contributed by atoms with Crippen LogP contribution in [-0.2, 0) is 4.79 Å². The third-order valence-electron chi connectivity index (χ3n) is 2.34. The van der Waals surface area contributed by atoms with Gasteiger partial charge < -0.3 is 9.80 Å². The summed E-state index contributed by atoms with van der Waals surface area (Å²) in [6.45, 7) is -4.15. The molecule has 1 rings (SSSR count). The van der Waals surface area contributed by atoms with Crippen LogP contribution in [0, 0.1) is 0 Å². The number of benzene rings is 1.